The van der Waals surface area contributed by atoms with E-state index in [0.717, 1.165) is 30.0 Å². The van der Waals surface area contributed by atoms with Gasteiger partial charge in [-0.25, -0.2) is 9.78 Å². The number of carbonyl (C=O) groups excluding carboxylic acids is 3. The van der Waals surface area contributed by atoms with Crippen molar-refractivity contribution in [1.82, 2.24) is 20.5 Å². The normalized spacial score (nSPS) is 22.2. The Hall–Kier alpha value is -3.88. The topological polar surface area (TPSA) is 104 Å². The van der Waals surface area contributed by atoms with Crippen LogP contribution in [0.15, 0.2) is 42.6 Å². The SMILES string of the molecule is COc1ccc2c(c1)C(=O)N(C[C@@]1(C=Cc3ccc(N4CCCCC4)nc3)NC(=O)NC1=O)C2. The van der Waals surface area contributed by atoms with E-state index in [1.807, 2.05) is 18.2 Å². The molecule has 9 heteroatoms. The van der Waals surface area contributed by atoms with Crippen LogP contribution in [0.3, 0.4) is 0 Å². The summed E-state index contributed by atoms with van der Waals surface area (Å²) in [6.45, 7) is 2.38. The second-order valence-corrected chi connectivity index (χ2v) is 8.89. The van der Waals surface area contributed by atoms with Gasteiger partial charge in [0.15, 0.2) is 5.54 Å². The molecule has 3 aliphatic rings. The van der Waals surface area contributed by atoms with Crippen molar-refractivity contribution in [2.75, 3.05) is 31.6 Å². The third kappa shape index (κ3) is 4.09. The number of carbonyl (C=O) groups is 3. The van der Waals surface area contributed by atoms with E-state index in [4.69, 9.17) is 4.74 Å². The Bertz CT molecular complexity index is 1160. The molecule has 3 aliphatic heterocycles. The van der Waals surface area contributed by atoms with Crippen molar-refractivity contribution < 1.29 is 19.1 Å². The van der Waals surface area contributed by atoms with E-state index in [1.54, 1.807) is 42.5 Å². The predicted molar refractivity (Wildman–Crippen MR) is 126 cm³/mol. The maximum absolute atomic E-state index is 13.0. The molecule has 0 radical (unpaired) electrons. The summed E-state index contributed by atoms with van der Waals surface area (Å²) in [7, 11) is 1.55. The van der Waals surface area contributed by atoms with E-state index in [2.05, 4.69) is 20.5 Å². The number of nitrogens with one attached hydrogen (secondary N) is 2. The molecule has 4 amide bonds. The van der Waals surface area contributed by atoms with Gasteiger partial charge in [-0.3, -0.25) is 14.9 Å². The van der Waals surface area contributed by atoms with E-state index >= 15 is 0 Å². The van der Waals surface area contributed by atoms with E-state index < -0.39 is 17.5 Å². The van der Waals surface area contributed by atoms with Crippen LogP contribution in [0.25, 0.3) is 6.08 Å². The monoisotopic (exact) mass is 461 g/mol. The highest BCUT2D eigenvalue weighted by Gasteiger charge is 2.47. The minimum absolute atomic E-state index is 0.0101. The summed E-state index contributed by atoms with van der Waals surface area (Å²) in [6, 6.07) is 8.67. The number of hydrogen-bond donors (Lipinski definition) is 2. The minimum Gasteiger partial charge on any atom is -0.497 e. The van der Waals surface area contributed by atoms with Crippen LogP contribution >= 0.6 is 0 Å². The Kier molecular flexibility index (Phi) is 5.69. The number of methoxy groups -OCH3 is 1. The van der Waals surface area contributed by atoms with Crippen molar-refractivity contribution in [3.8, 4) is 5.75 Å². The smallest absolute Gasteiger partial charge is 0.322 e. The van der Waals surface area contributed by atoms with Gasteiger partial charge in [-0.1, -0.05) is 12.1 Å². The van der Waals surface area contributed by atoms with Gasteiger partial charge in [-0.05, 0) is 60.7 Å². The molecule has 176 valence electrons. The highest BCUT2D eigenvalue weighted by atomic mass is 16.5. The molecule has 1 atom stereocenters. The molecule has 9 nitrogen and oxygen atoms in total. The van der Waals surface area contributed by atoms with Gasteiger partial charge in [0, 0.05) is 31.4 Å². The lowest BCUT2D eigenvalue weighted by molar-refractivity contribution is -0.122. The number of hydrogen-bond acceptors (Lipinski definition) is 6. The van der Waals surface area contributed by atoms with Crippen molar-refractivity contribution in [1.29, 1.82) is 0 Å². The molecule has 2 saturated heterocycles. The Labute approximate surface area is 197 Å². The number of urea groups is 1. The van der Waals surface area contributed by atoms with Crippen molar-refractivity contribution >= 4 is 29.7 Å². The molecule has 1 aromatic heterocycles. The molecule has 2 aromatic rings. The van der Waals surface area contributed by atoms with Crippen LogP contribution < -0.4 is 20.3 Å². The number of aromatic nitrogens is 1. The zero-order valence-electron chi connectivity index (χ0n) is 19.0. The summed E-state index contributed by atoms with van der Waals surface area (Å²) >= 11 is 0. The Morgan fingerprint density at radius 2 is 1.94 bits per heavy atom. The zero-order chi connectivity index (χ0) is 23.7. The summed E-state index contributed by atoms with van der Waals surface area (Å²) in [4.78, 5) is 46.3. The largest absolute Gasteiger partial charge is 0.497 e. The van der Waals surface area contributed by atoms with Crippen LogP contribution in [-0.2, 0) is 11.3 Å². The molecule has 0 bridgehead atoms. The molecule has 4 heterocycles. The molecule has 0 aliphatic carbocycles. The summed E-state index contributed by atoms with van der Waals surface area (Å²) in [5, 5.41) is 5.02. The number of fused-ring (bicyclic) bond motifs is 1. The maximum Gasteiger partial charge on any atom is 0.322 e. The number of piperidine rings is 1. The second-order valence-electron chi connectivity index (χ2n) is 8.89. The first-order chi connectivity index (χ1) is 16.5. The minimum atomic E-state index is -1.37. The summed E-state index contributed by atoms with van der Waals surface area (Å²) < 4.78 is 5.23. The maximum atomic E-state index is 13.0. The lowest BCUT2D eigenvalue weighted by Crippen LogP contribution is -2.53. The molecule has 1 aromatic carbocycles. The molecular weight excluding hydrogens is 434 g/mol. The molecule has 2 N–H and O–H groups in total. The number of pyridine rings is 1. The third-order valence-electron chi connectivity index (χ3n) is 6.62. The van der Waals surface area contributed by atoms with Gasteiger partial charge in [0.25, 0.3) is 11.8 Å². The number of imide groups is 1. The van der Waals surface area contributed by atoms with E-state index in [0.29, 0.717) is 17.9 Å². The summed E-state index contributed by atoms with van der Waals surface area (Å²) in [5.41, 5.74) is 0.826. The molecule has 5 rings (SSSR count). The predicted octanol–water partition coefficient (Wildman–Crippen LogP) is 2.33. The van der Waals surface area contributed by atoms with Crippen LogP contribution in [0, 0.1) is 0 Å². The first kappa shape index (κ1) is 21.9. The first-order valence-corrected chi connectivity index (χ1v) is 11.5. The van der Waals surface area contributed by atoms with Crippen molar-refractivity contribution in [3.63, 3.8) is 0 Å². The number of anilines is 1. The summed E-state index contributed by atoms with van der Waals surface area (Å²) in [5.74, 6) is 0.835. The fourth-order valence-electron chi connectivity index (χ4n) is 4.73. The van der Waals surface area contributed by atoms with E-state index in [-0.39, 0.29) is 12.5 Å². The third-order valence-corrected chi connectivity index (χ3v) is 6.62. The first-order valence-electron chi connectivity index (χ1n) is 11.5. The van der Waals surface area contributed by atoms with Crippen molar-refractivity contribution in [3.05, 3.63) is 59.3 Å². The Morgan fingerprint density at radius 3 is 2.62 bits per heavy atom. The molecule has 0 saturated carbocycles. The fraction of sp³-hybridized carbons (Fsp3) is 0.360. The highest BCUT2D eigenvalue weighted by molar-refractivity contribution is 6.09. The molecule has 0 spiro atoms. The lowest BCUT2D eigenvalue weighted by atomic mass is 9.97. The van der Waals surface area contributed by atoms with Crippen molar-refractivity contribution in [2.24, 2.45) is 0 Å². The fourth-order valence-corrected chi connectivity index (χ4v) is 4.73. The van der Waals surface area contributed by atoms with Crippen LogP contribution in [0.4, 0.5) is 10.6 Å². The van der Waals surface area contributed by atoms with E-state index in [1.165, 1.54) is 19.3 Å². The lowest BCUT2D eigenvalue weighted by Gasteiger charge is -2.28. The van der Waals surface area contributed by atoms with E-state index in [9.17, 15) is 14.4 Å². The van der Waals surface area contributed by atoms with Gasteiger partial charge < -0.3 is 19.9 Å². The van der Waals surface area contributed by atoms with Gasteiger partial charge in [0.05, 0.1) is 13.7 Å². The van der Waals surface area contributed by atoms with Crippen LogP contribution in [0.1, 0.15) is 40.7 Å². The highest BCUT2D eigenvalue weighted by Crippen LogP contribution is 2.29. The Balaban J connectivity index is 1.36. The quantitative estimate of drug-likeness (QED) is 0.640. The number of ether oxygens (including phenoxy) is 1. The molecule has 34 heavy (non-hydrogen) atoms. The summed E-state index contributed by atoms with van der Waals surface area (Å²) in [6.07, 6.45) is 8.76. The number of rotatable bonds is 6. The standard InChI is InChI=1S/C25H27N5O4/c1-34-19-7-6-18-15-30(22(31)20(18)13-19)16-25(23(32)27-24(33)28-25)10-9-17-5-8-21(26-14-17)29-11-3-2-4-12-29/h5-10,13-14H,2-4,11-12,15-16H2,1H3,(H2,27,28,32,33)/t25-/m1/s1. The molecule has 0 unspecified atom stereocenters. The van der Waals surface area contributed by atoms with Gasteiger partial charge in [-0.2, -0.15) is 0 Å². The molecule has 2 fully saturated rings. The average Bonchev–Trinajstić information content (AvgIpc) is 3.32. The van der Waals surface area contributed by atoms with Gasteiger partial charge in [-0.15, -0.1) is 0 Å². The number of amides is 4. The van der Waals surface area contributed by atoms with Crippen LogP contribution in [0.2, 0.25) is 0 Å². The molecular formula is C25H27N5O4. The van der Waals surface area contributed by atoms with Gasteiger partial charge in [0.2, 0.25) is 0 Å². The Morgan fingerprint density at radius 1 is 1.12 bits per heavy atom. The van der Waals surface area contributed by atoms with Crippen molar-refractivity contribution in [2.45, 2.75) is 31.3 Å². The van der Waals surface area contributed by atoms with Crippen LogP contribution in [0.5, 0.6) is 5.75 Å². The van der Waals surface area contributed by atoms with Gasteiger partial charge in [0.1, 0.15) is 11.6 Å². The number of nitrogens with zero attached hydrogens (tertiary/aromatic N) is 3. The van der Waals surface area contributed by atoms with Crippen LogP contribution in [-0.4, -0.2) is 60.0 Å². The average molecular weight is 462 g/mol. The second kappa shape index (κ2) is 8.81. The number of benzene rings is 1. The zero-order valence-corrected chi connectivity index (χ0v) is 19.0. The van der Waals surface area contributed by atoms with Gasteiger partial charge >= 0.3 is 6.03 Å².